The molecule has 0 spiro atoms. The SMILES string of the molecule is CCC(=O)Nc1cccc(NC(=O)c2ccc(OCC(=O)N3C(C)CCCC3C)cc2)c1. The van der Waals surface area contributed by atoms with Gasteiger partial charge in [-0.2, -0.15) is 0 Å². The molecule has 3 rings (SSSR count). The highest BCUT2D eigenvalue weighted by atomic mass is 16.5. The average Bonchev–Trinajstić information content (AvgIpc) is 2.78. The Bertz CT molecular complexity index is 948. The number of rotatable bonds is 7. The third kappa shape index (κ3) is 6.09. The van der Waals surface area contributed by atoms with Crippen LogP contribution in [0.5, 0.6) is 5.75 Å². The normalized spacial score (nSPS) is 18.0. The molecule has 1 fully saturated rings. The number of nitrogens with zero attached hydrogens (tertiary/aromatic N) is 1. The lowest BCUT2D eigenvalue weighted by molar-refractivity contribution is -0.139. The fourth-order valence-electron chi connectivity index (χ4n) is 3.96. The van der Waals surface area contributed by atoms with Gasteiger partial charge in [-0.3, -0.25) is 14.4 Å². The zero-order valence-corrected chi connectivity index (χ0v) is 18.9. The van der Waals surface area contributed by atoms with Crippen molar-refractivity contribution in [3.05, 3.63) is 54.1 Å². The quantitative estimate of drug-likeness (QED) is 0.670. The second kappa shape index (κ2) is 10.8. The van der Waals surface area contributed by atoms with Gasteiger partial charge in [-0.05, 0) is 75.6 Å². The van der Waals surface area contributed by atoms with Crippen LogP contribution in [0.15, 0.2) is 48.5 Å². The first-order chi connectivity index (χ1) is 15.4. The molecule has 7 heteroatoms. The van der Waals surface area contributed by atoms with E-state index in [4.69, 9.17) is 4.74 Å². The van der Waals surface area contributed by atoms with E-state index in [0.29, 0.717) is 29.1 Å². The molecule has 1 saturated heterocycles. The summed E-state index contributed by atoms with van der Waals surface area (Å²) in [7, 11) is 0. The lowest BCUT2D eigenvalue weighted by Crippen LogP contribution is -2.49. The summed E-state index contributed by atoms with van der Waals surface area (Å²) in [6, 6.07) is 14.1. The second-order valence-corrected chi connectivity index (χ2v) is 8.18. The van der Waals surface area contributed by atoms with Crippen LogP contribution in [-0.2, 0) is 9.59 Å². The molecule has 2 unspecified atom stereocenters. The Morgan fingerprint density at radius 1 is 0.969 bits per heavy atom. The summed E-state index contributed by atoms with van der Waals surface area (Å²) in [6.07, 6.45) is 3.57. The molecule has 7 nitrogen and oxygen atoms in total. The first-order valence-corrected chi connectivity index (χ1v) is 11.1. The van der Waals surface area contributed by atoms with Crippen molar-refractivity contribution in [1.82, 2.24) is 4.90 Å². The van der Waals surface area contributed by atoms with Crippen LogP contribution in [0.4, 0.5) is 11.4 Å². The summed E-state index contributed by atoms with van der Waals surface area (Å²) in [6.45, 7) is 5.91. The molecule has 2 aromatic carbocycles. The third-order valence-corrected chi connectivity index (χ3v) is 5.69. The fourth-order valence-corrected chi connectivity index (χ4v) is 3.96. The molecule has 1 aliphatic heterocycles. The molecular formula is C25H31N3O4. The highest BCUT2D eigenvalue weighted by Crippen LogP contribution is 2.23. The lowest BCUT2D eigenvalue weighted by Gasteiger charge is -2.38. The lowest BCUT2D eigenvalue weighted by atomic mass is 9.97. The van der Waals surface area contributed by atoms with Crippen LogP contribution >= 0.6 is 0 Å². The van der Waals surface area contributed by atoms with Gasteiger partial charge in [0, 0.05) is 35.4 Å². The van der Waals surface area contributed by atoms with Crippen molar-refractivity contribution < 1.29 is 19.1 Å². The molecule has 3 amide bonds. The largest absolute Gasteiger partial charge is 0.484 e. The first kappa shape index (κ1) is 23.3. The van der Waals surface area contributed by atoms with Crippen molar-refractivity contribution in [1.29, 1.82) is 0 Å². The highest BCUT2D eigenvalue weighted by molar-refractivity contribution is 6.04. The Kier molecular flexibility index (Phi) is 7.87. The first-order valence-electron chi connectivity index (χ1n) is 11.1. The molecule has 1 heterocycles. The van der Waals surface area contributed by atoms with Gasteiger partial charge in [0.15, 0.2) is 6.61 Å². The Labute approximate surface area is 189 Å². The van der Waals surface area contributed by atoms with Gasteiger partial charge in [-0.1, -0.05) is 13.0 Å². The maximum Gasteiger partial charge on any atom is 0.260 e. The number of carbonyl (C=O) groups is 3. The Hall–Kier alpha value is -3.35. The summed E-state index contributed by atoms with van der Waals surface area (Å²) in [5.41, 5.74) is 1.67. The summed E-state index contributed by atoms with van der Waals surface area (Å²) in [4.78, 5) is 38.6. The Morgan fingerprint density at radius 2 is 1.59 bits per heavy atom. The maximum absolute atomic E-state index is 12.6. The predicted molar refractivity (Wildman–Crippen MR) is 125 cm³/mol. The number of ether oxygens (including phenoxy) is 1. The molecule has 170 valence electrons. The van der Waals surface area contributed by atoms with Crippen LogP contribution in [-0.4, -0.2) is 41.3 Å². The van der Waals surface area contributed by atoms with Gasteiger partial charge >= 0.3 is 0 Å². The molecule has 2 N–H and O–H groups in total. The molecule has 0 saturated carbocycles. The maximum atomic E-state index is 12.6. The molecule has 0 aromatic heterocycles. The molecule has 32 heavy (non-hydrogen) atoms. The number of likely N-dealkylation sites (tertiary alicyclic amines) is 1. The number of piperidine rings is 1. The van der Waals surface area contributed by atoms with Crippen LogP contribution in [0.2, 0.25) is 0 Å². The van der Waals surface area contributed by atoms with E-state index in [0.717, 1.165) is 19.3 Å². The molecular weight excluding hydrogens is 406 g/mol. The standard InChI is InChI=1S/C25H31N3O4/c1-4-23(29)26-20-9-6-10-21(15-20)27-25(31)19-11-13-22(14-12-19)32-16-24(30)28-17(2)7-5-8-18(28)3/h6,9-15,17-18H,4-5,7-8,16H2,1-3H3,(H,26,29)(H,27,31). The van der Waals surface area contributed by atoms with E-state index in [1.807, 2.05) is 4.90 Å². The topological polar surface area (TPSA) is 87.7 Å². The Balaban J connectivity index is 1.55. The zero-order valence-electron chi connectivity index (χ0n) is 18.9. The average molecular weight is 438 g/mol. The van der Waals surface area contributed by atoms with Crippen molar-refractivity contribution in [2.45, 2.75) is 58.5 Å². The number of nitrogens with one attached hydrogen (secondary N) is 2. The van der Waals surface area contributed by atoms with Crippen LogP contribution in [0, 0.1) is 0 Å². The second-order valence-electron chi connectivity index (χ2n) is 8.18. The van der Waals surface area contributed by atoms with Crippen molar-refractivity contribution >= 4 is 29.1 Å². The summed E-state index contributed by atoms with van der Waals surface area (Å²) in [5, 5.41) is 5.59. The molecule has 1 aliphatic rings. The predicted octanol–water partition coefficient (Wildman–Crippen LogP) is 4.46. The third-order valence-electron chi connectivity index (χ3n) is 5.69. The van der Waals surface area contributed by atoms with E-state index in [-0.39, 0.29) is 36.4 Å². The monoisotopic (exact) mass is 437 g/mol. The number of amides is 3. The molecule has 2 aromatic rings. The van der Waals surface area contributed by atoms with Gasteiger partial charge in [0.2, 0.25) is 5.91 Å². The van der Waals surface area contributed by atoms with Crippen LogP contribution < -0.4 is 15.4 Å². The van der Waals surface area contributed by atoms with Crippen molar-refractivity contribution in [3.63, 3.8) is 0 Å². The number of hydrogen-bond acceptors (Lipinski definition) is 4. The van der Waals surface area contributed by atoms with Gasteiger partial charge in [0.1, 0.15) is 5.75 Å². The number of hydrogen-bond donors (Lipinski definition) is 2. The number of benzene rings is 2. The van der Waals surface area contributed by atoms with E-state index < -0.39 is 0 Å². The Morgan fingerprint density at radius 3 is 2.22 bits per heavy atom. The molecule has 2 atom stereocenters. The van der Waals surface area contributed by atoms with Gasteiger partial charge in [-0.25, -0.2) is 0 Å². The van der Waals surface area contributed by atoms with E-state index in [2.05, 4.69) is 24.5 Å². The molecule has 0 radical (unpaired) electrons. The number of anilines is 2. The van der Waals surface area contributed by atoms with Crippen LogP contribution in [0.25, 0.3) is 0 Å². The van der Waals surface area contributed by atoms with Crippen molar-refractivity contribution in [3.8, 4) is 5.75 Å². The summed E-state index contributed by atoms with van der Waals surface area (Å²) in [5.74, 6) is 0.160. The van der Waals surface area contributed by atoms with E-state index in [9.17, 15) is 14.4 Å². The smallest absolute Gasteiger partial charge is 0.260 e. The summed E-state index contributed by atoms with van der Waals surface area (Å²) < 4.78 is 5.67. The van der Waals surface area contributed by atoms with E-state index in [1.54, 1.807) is 55.5 Å². The fraction of sp³-hybridized carbons (Fsp3) is 0.400. The minimum atomic E-state index is -0.275. The van der Waals surface area contributed by atoms with Gasteiger partial charge in [-0.15, -0.1) is 0 Å². The molecule has 0 aliphatic carbocycles. The zero-order chi connectivity index (χ0) is 23.1. The van der Waals surface area contributed by atoms with Gasteiger partial charge in [0.05, 0.1) is 0 Å². The minimum absolute atomic E-state index is 0.0124. The van der Waals surface area contributed by atoms with Gasteiger partial charge in [0.25, 0.3) is 11.8 Å². The summed E-state index contributed by atoms with van der Waals surface area (Å²) >= 11 is 0. The van der Waals surface area contributed by atoms with Crippen LogP contribution in [0.1, 0.15) is 56.8 Å². The van der Waals surface area contributed by atoms with Crippen molar-refractivity contribution in [2.24, 2.45) is 0 Å². The highest BCUT2D eigenvalue weighted by Gasteiger charge is 2.28. The number of carbonyl (C=O) groups excluding carboxylic acids is 3. The minimum Gasteiger partial charge on any atom is -0.484 e. The molecule has 0 bridgehead atoms. The van der Waals surface area contributed by atoms with Crippen molar-refractivity contribution in [2.75, 3.05) is 17.2 Å². The van der Waals surface area contributed by atoms with E-state index in [1.165, 1.54) is 0 Å². The van der Waals surface area contributed by atoms with E-state index >= 15 is 0 Å². The van der Waals surface area contributed by atoms with Gasteiger partial charge < -0.3 is 20.3 Å². The van der Waals surface area contributed by atoms with Crippen LogP contribution in [0.3, 0.4) is 0 Å².